The molecule has 3 saturated heterocycles. The number of esters is 1. The summed E-state index contributed by atoms with van der Waals surface area (Å²) in [6.07, 6.45) is 11.9. The molecule has 180 valence electrons. The van der Waals surface area contributed by atoms with Gasteiger partial charge >= 0.3 is 5.97 Å². The molecule has 1 aromatic carbocycles. The highest BCUT2D eigenvalue weighted by atomic mass is 16.5. The van der Waals surface area contributed by atoms with Crippen LogP contribution in [0.2, 0.25) is 0 Å². The first-order valence-corrected chi connectivity index (χ1v) is 13.0. The minimum absolute atomic E-state index is 0.0355. The lowest BCUT2D eigenvalue weighted by molar-refractivity contribution is -0.939. The van der Waals surface area contributed by atoms with Crippen molar-refractivity contribution in [2.24, 2.45) is 5.92 Å². The molecular weight excluding hydrogens is 426 g/mol. The molecule has 2 aromatic rings. The van der Waals surface area contributed by atoms with Crippen molar-refractivity contribution in [1.29, 1.82) is 0 Å². The predicted octanol–water partition coefficient (Wildman–Crippen LogP) is 4.03. The van der Waals surface area contributed by atoms with Crippen LogP contribution in [0.3, 0.4) is 0 Å². The van der Waals surface area contributed by atoms with E-state index in [1.165, 1.54) is 12.8 Å². The number of quaternary nitrogens is 1. The summed E-state index contributed by atoms with van der Waals surface area (Å²) in [5, 5.41) is 7.69. The summed E-state index contributed by atoms with van der Waals surface area (Å²) in [5.74, 6) is 0.608. The van der Waals surface area contributed by atoms with E-state index in [1.54, 1.807) is 12.4 Å². The first kappa shape index (κ1) is 23.2. The van der Waals surface area contributed by atoms with E-state index in [9.17, 15) is 9.59 Å². The largest absolute Gasteiger partial charge is 0.455 e. The average Bonchev–Trinajstić information content (AvgIpc) is 3.13. The number of rotatable bonds is 7. The van der Waals surface area contributed by atoms with Crippen molar-refractivity contribution in [3.05, 3.63) is 59.9 Å². The van der Waals surface area contributed by atoms with Crippen molar-refractivity contribution in [3.8, 4) is 0 Å². The third-order valence-corrected chi connectivity index (χ3v) is 8.53. The van der Waals surface area contributed by atoms with E-state index in [-0.39, 0.29) is 17.9 Å². The quantitative estimate of drug-likeness (QED) is 0.353. The van der Waals surface area contributed by atoms with Crippen LogP contribution < -0.4 is 0 Å². The molecule has 34 heavy (non-hydrogen) atoms. The Labute approximate surface area is 202 Å². The molecule has 0 amide bonds. The van der Waals surface area contributed by atoms with Gasteiger partial charge in [-0.15, -0.1) is 0 Å². The Balaban J connectivity index is 1.30. The van der Waals surface area contributed by atoms with Gasteiger partial charge in [0, 0.05) is 31.4 Å². The fourth-order valence-corrected chi connectivity index (χ4v) is 6.61. The van der Waals surface area contributed by atoms with Gasteiger partial charge in [-0.1, -0.05) is 56.0 Å². The predicted molar refractivity (Wildman–Crippen MR) is 129 cm³/mol. The summed E-state index contributed by atoms with van der Waals surface area (Å²) >= 11 is 0. The lowest BCUT2D eigenvalue weighted by Crippen LogP contribution is -2.66. The highest BCUT2D eigenvalue weighted by Crippen LogP contribution is 2.42. The Morgan fingerprint density at radius 2 is 1.71 bits per heavy atom. The minimum Gasteiger partial charge on any atom is -0.455 e. The number of benzene rings is 1. The molecule has 4 fully saturated rings. The highest BCUT2D eigenvalue weighted by Gasteiger charge is 2.50. The molecule has 6 nitrogen and oxygen atoms in total. The minimum atomic E-state index is -0.529. The van der Waals surface area contributed by atoms with Crippen LogP contribution in [0.15, 0.2) is 48.8 Å². The Morgan fingerprint density at radius 1 is 0.971 bits per heavy atom. The number of carbonyl (C=O) groups excluding carboxylic acids is 2. The van der Waals surface area contributed by atoms with Gasteiger partial charge in [0.2, 0.25) is 0 Å². The summed E-state index contributed by atoms with van der Waals surface area (Å²) in [6.45, 7) is 3.28. The lowest BCUT2D eigenvalue weighted by atomic mass is 9.74. The molecule has 1 atom stereocenters. The van der Waals surface area contributed by atoms with E-state index in [0.717, 1.165) is 73.8 Å². The van der Waals surface area contributed by atoms with Crippen LogP contribution in [0.4, 0.5) is 0 Å². The molecule has 4 heterocycles. The van der Waals surface area contributed by atoms with Crippen LogP contribution in [0.1, 0.15) is 62.5 Å². The number of ether oxygens (including phenoxy) is 1. The van der Waals surface area contributed by atoms with E-state index >= 15 is 0 Å². The molecule has 2 bridgehead atoms. The van der Waals surface area contributed by atoms with Crippen molar-refractivity contribution in [3.63, 3.8) is 0 Å². The maximum absolute atomic E-state index is 13.9. The van der Waals surface area contributed by atoms with Crippen molar-refractivity contribution < 1.29 is 18.8 Å². The maximum Gasteiger partial charge on any atom is 0.317 e. The van der Waals surface area contributed by atoms with E-state index in [0.29, 0.717) is 18.9 Å². The monoisotopic (exact) mass is 462 g/mol. The molecule has 3 aliphatic heterocycles. The summed E-state index contributed by atoms with van der Waals surface area (Å²) in [6, 6.07) is 12.1. The molecular formula is C28H36N3O3+. The molecule has 1 aromatic heterocycles. The average molecular weight is 463 g/mol. The van der Waals surface area contributed by atoms with Crippen LogP contribution in [-0.2, 0) is 26.2 Å². The number of hydrogen-bond donors (Lipinski definition) is 0. The summed E-state index contributed by atoms with van der Waals surface area (Å²) in [5.41, 5.74) is 1.48. The second-order valence-electron chi connectivity index (χ2n) is 10.7. The van der Waals surface area contributed by atoms with E-state index < -0.39 is 5.41 Å². The third-order valence-electron chi connectivity index (χ3n) is 8.53. The highest BCUT2D eigenvalue weighted by molar-refractivity contribution is 5.83. The zero-order valence-electron chi connectivity index (χ0n) is 20.0. The van der Waals surface area contributed by atoms with Gasteiger partial charge in [0.05, 0.1) is 24.7 Å². The van der Waals surface area contributed by atoms with Crippen LogP contribution >= 0.6 is 0 Å². The number of Topliss-reactive ketones (excluding diaryl/α,β-unsaturated/α-hetero) is 1. The molecule has 1 aliphatic carbocycles. The Bertz CT molecular complexity index is 978. The van der Waals surface area contributed by atoms with E-state index in [2.05, 4.69) is 22.3 Å². The number of carbonyl (C=O) groups is 2. The van der Waals surface area contributed by atoms with Gasteiger partial charge in [-0.25, -0.2) is 0 Å². The van der Waals surface area contributed by atoms with Crippen LogP contribution in [0, 0.1) is 5.92 Å². The smallest absolute Gasteiger partial charge is 0.317 e. The van der Waals surface area contributed by atoms with Gasteiger partial charge in [-0.3, -0.25) is 9.59 Å². The first-order chi connectivity index (χ1) is 16.6. The molecule has 0 spiro atoms. The number of hydrogen-bond acceptors (Lipinski definition) is 5. The molecule has 0 N–H and O–H groups in total. The van der Waals surface area contributed by atoms with Crippen molar-refractivity contribution in [1.82, 2.24) is 10.2 Å². The number of ketones is 1. The summed E-state index contributed by atoms with van der Waals surface area (Å²) in [4.78, 5) is 26.8. The Kier molecular flexibility index (Phi) is 6.77. The van der Waals surface area contributed by atoms with Crippen LogP contribution in [0.5, 0.6) is 0 Å². The number of aromatic nitrogens is 2. The third kappa shape index (κ3) is 4.78. The van der Waals surface area contributed by atoms with Gasteiger partial charge in [-0.2, -0.15) is 10.2 Å². The standard InChI is InChI=1S/C28H36N3O3/c32-25(18-22-10-15-29-30-19-22)20-31-16-11-23(12-17-31)26(21-31)34-27(33)28(13-6-1-2-7-14-28)24-8-4-3-5-9-24/h3-5,8-10,15,19,23,26H,1-2,6-7,11-14,16-18,20-21H2/q+1/t23?,26-,31?/m0/s1. The SMILES string of the molecule is O=C(Cc1ccnnc1)C[N+]12CCC(CC1)[C@@H](OC(=O)C1(c3ccccc3)CCCCCC1)C2. The lowest BCUT2D eigenvalue weighted by Gasteiger charge is -2.52. The van der Waals surface area contributed by atoms with Crippen molar-refractivity contribution in [2.75, 3.05) is 26.2 Å². The maximum atomic E-state index is 13.9. The van der Waals surface area contributed by atoms with E-state index in [1.807, 2.05) is 24.3 Å². The molecule has 4 aliphatic rings. The zero-order chi connectivity index (χ0) is 23.4. The summed E-state index contributed by atoms with van der Waals surface area (Å²) < 4.78 is 7.17. The zero-order valence-corrected chi connectivity index (χ0v) is 20.0. The topological polar surface area (TPSA) is 69.2 Å². The van der Waals surface area contributed by atoms with Crippen LogP contribution in [-0.4, -0.2) is 58.7 Å². The van der Waals surface area contributed by atoms with Gasteiger partial charge in [0.25, 0.3) is 0 Å². The second-order valence-corrected chi connectivity index (χ2v) is 10.7. The Hall–Kier alpha value is -2.60. The fraction of sp³-hybridized carbons (Fsp3) is 0.571. The van der Waals surface area contributed by atoms with Gasteiger partial charge in [0.15, 0.2) is 11.9 Å². The van der Waals surface area contributed by atoms with E-state index in [4.69, 9.17) is 4.74 Å². The number of fused-ring (bicyclic) bond motifs is 3. The van der Waals surface area contributed by atoms with Crippen molar-refractivity contribution >= 4 is 11.8 Å². The normalized spacial score (nSPS) is 28.1. The summed E-state index contributed by atoms with van der Waals surface area (Å²) in [7, 11) is 0. The van der Waals surface area contributed by atoms with Gasteiger partial charge in [0.1, 0.15) is 13.1 Å². The van der Waals surface area contributed by atoms with Crippen LogP contribution in [0.25, 0.3) is 0 Å². The van der Waals surface area contributed by atoms with Crippen molar-refractivity contribution in [2.45, 2.75) is 69.3 Å². The van der Waals surface area contributed by atoms with Gasteiger partial charge < -0.3 is 9.22 Å². The molecule has 6 heteroatoms. The Morgan fingerprint density at radius 3 is 2.38 bits per heavy atom. The molecule has 0 unspecified atom stereocenters. The number of nitrogens with zero attached hydrogens (tertiary/aromatic N) is 3. The molecule has 6 rings (SSSR count). The van der Waals surface area contributed by atoms with Gasteiger partial charge in [-0.05, 0) is 30.0 Å². The number of piperidine rings is 3. The molecule has 1 saturated carbocycles. The molecule has 0 radical (unpaired) electrons. The first-order valence-electron chi connectivity index (χ1n) is 13.0. The second kappa shape index (κ2) is 9.95. The fourth-order valence-electron chi connectivity index (χ4n) is 6.61.